The van der Waals surface area contributed by atoms with Crippen LogP contribution in [-0.2, 0) is 9.53 Å². The standard InChI is InChI=1S/C15H17N3O2/c1-10-7-8-20-13(10)15(19)17-14-12(9-16-18-14)11-5-3-2-4-6-11/h2-6,9-10,13H,7-8H2,1H3,(H2,16,17,18,19)/t10-,13+/m1/s1. The Bertz CT molecular complexity index is 594. The number of aromatic amines is 1. The molecule has 0 radical (unpaired) electrons. The van der Waals surface area contributed by atoms with Gasteiger partial charge in [-0.25, -0.2) is 0 Å². The lowest BCUT2D eigenvalue weighted by Crippen LogP contribution is -2.31. The molecule has 2 atom stereocenters. The van der Waals surface area contributed by atoms with Gasteiger partial charge in [0, 0.05) is 12.2 Å². The Hall–Kier alpha value is -2.14. The first-order chi connectivity index (χ1) is 9.75. The summed E-state index contributed by atoms with van der Waals surface area (Å²) in [4.78, 5) is 12.2. The molecule has 2 N–H and O–H groups in total. The summed E-state index contributed by atoms with van der Waals surface area (Å²) >= 11 is 0. The van der Waals surface area contributed by atoms with Crippen LogP contribution in [0.5, 0.6) is 0 Å². The first-order valence-corrected chi connectivity index (χ1v) is 6.77. The summed E-state index contributed by atoms with van der Waals surface area (Å²) in [6.07, 6.45) is 2.26. The third-order valence-corrected chi connectivity index (χ3v) is 3.62. The number of aromatic nitrogens is 2. The predicted molar refractivity (Wildman–Crippen MR) is 76.2 cm³/mol. The number of hydrogen-bond donors (Lipinski definition) is 2. The molecule has 0 aliphatic carbocycles. The Balaban J connectivity index is 1.79. The Labute approximate surface area is 117 Å². The van der Waals surface area contributed by atoms with E-state index in [9.17, 15) is 4.79 Å². The van der Waals surface area contributed by atoms with Gasteiger partial charge in [0.25, 0.3) is 5.91 Å². The molecule has 104 valence electrons. The minimum absolute atomic E-state index is 0.114. The zero-order valence-electron chi connectivity index (χ0n) is 11.3. The SMILES string of the molecule is C[C@@H]1CCO[C@@H]1C(=O)Nc1[nH]ncc1-c1ccccc1. The van der Waals surface area contributed by atoms with Crippen LogP contribution in [0.2, 0.25) is 0 Å². The molecule has 1 aliphatic rings. The Morgan fingerprint density at radius 3 is 2.90 bits per heavy atom. The monoisotopic (exact) mass is 271 g/mol. The predicted octanol–water partition coefficient (Wildman–Crippen LogP) is 2.44. The maximum Gasteiger partial charge on any atom is 0.254 e. The minimum Gasteiger partial charge on any atom is -0.368 e. The van der Waals surface area contributed by atoms with Crippen molar-refractivity contribution in [2.45, 2.75) is 19.4 Å². The molecular formula is C15H17N3O2. The van der Waals surface area contributed by atoms with Crippen molar-refractivity contribution in [2.75, 3.05) is 11.9 Å². The van der Waals surface area contributed by atoms with Crippen LogP contribution in [0.3, 0.4) is 0 Å². The highest BCUT2D eigenvalue weighted by molar-refractivity contribution is 5.97. The van der Waals surface area contributed by atoms with Crippen molar-refractivity contribution in [3.8, 4) is 11.1 Å². The molecule has 0 bridgehead atoms. The van der Waals surface area contributed by atoms with Gasteiger partial charge in [-0.05, 0) is 17.9 Å². The molecule has 2 aromatic rings. The van der Waals surface area contributed by atoms with E-state index in [1.54, 1.807) is 6.20 Å². The number of benzene rings is 1. The van der Waals surface area contributed by atoms with E-state index < -0.39 is 0 Å². The number of anilines is 1. The third-order valence-electron chi connectivity index (χ3n) is 3.62. The van der Waals surface area contributed by atoms with Gasteiger partial charge < -0.3 is 10.1 Å². The summed E-state index contributed by atoms with van der Waals surface area (Å²) in [6.45, 7) is 2.68. The molecule has 1 amide bonds. The number of carbonyl (C=O) groups excluding carboxylic acids is 1. The van der Waals surface area contributed by atoms with Gasteiger partial charge in [0.2, 0.25) is 0 Å². The highest BCUT2D eigenvalue weighted by atomic mass is 16.5. The van der Waals surface area contributed by atoms with Crippen molar-refractivity contribution in [2.24, 2.45) is 5.92 Å². The van der Waals surface area contributed by atoms with Gasteiger partial charge in [0.15, 0.2) is 0 Å². The minimum atomic E-state index is -0.373. The van der Waals surface area contributed by atoms with Crippen molar-refractivity contribution in [3.63, 3.8) is 0 Å². The Morgan fingerprint density at radius 2 is 2.20 bits per heavy atom. The highest BCUT2D eigenvalue weighted by Crippen LogP contribution is 2.27. The molecule has 0 spiro atoms. The summed E-state index contributed by atoms with van der Waals surface area (Å²) in [5.41, 5.74) is 1.89. The van der Waals surface area contributed by atoms with Crippen molar-refractivity contribution >= 4 is 11.7 Å². The number of carbonyl (C=O) groups is 1. The Morgan fingerprint density at radius 1 is 1.40 bits per heavy atom. The fourth-order valence-electron chi connectivity index (χ4n) is 2.44. The molecule has 5 heteroatoms. The molecule has 3 rings (SSSR count). The lowest BCUT2D eigenvalue weighted by molar-refractivity contribution is -0.126. The normalized spacial score (nSPS) is 21.9. The summed E-state index contributed by atoms with van der Waals surface area (Å²) in [7, 11) is 0. The summed E-state index contributed by atoms with van der Waals surface area (Å²) in [5, 5.41) is 9.73. The molecular weight excluding hydrogens is 254 g/mol. The molecule has 1 aromatic carbocycles. The van der Waals surface area contributed by atoms with Crippen LogP contribution in [0.4, 0.5) is 5.82 Å². The summed E-state index contributed by atoms with van der Waals surface area (Å²) in [6, 6.07) is 9.83. The van der Waals surface area contributed by atoms with Crippen LogP contribution < -0.4 is 5.32 Å². The maximum absolute atomic E-state index is 12.2. The van der Waals surface area contributed by atoms with E-state index in [2.05, 4.69) is 15.5 Å². The van der Waals surface area contributed by atoms with E-state index >= 15 is 0 Å². The van der Waals surface area contributed by atoms with Crippen LogP contribution >= 0.6 is 0 Å². The quantitative estimate of drug-likeness (QED) is 0.901. The molecule has 2 heterocycles. The van der Waals surface area contributed by atoms with Crippen molar-refractivity contribution < 1.29 is 9.53 Å². The first kappa shape index (κ1) is 12.9. The van der Waals surface area contributed by atoms with E-state index in [4.69, 9.17) is 4.74 Å². The molecule has 5 nitrogen and oxygen atoms in total. The van der Waals surface area contributed by atoms with Gasteiger partial charge in [-0.15, -0.1) is 0 Å². The van der Waals surface area contributed by atoms with Crippen LogP contribution in [0, 0.1) is 5.92 Å². The van der Waals surface area contributed by atoms with Gasteiger partial charge in [0.05, 0.1) is 6.20 Å². The number of H-pyrrole nitrogens is 1. The van der Waals surface area contributed by atoms with Gasteiger partial charge in [-0.2, -0.15) is 5.10 Å². The van der Waals surface area contributed by atoms with Gasteiger partial charge in [-0.1, -0.05) is 37.3 Å². The number of amides is 1. The fourth-order valence-corrected chi connectivity index (χ4v) is 2.44. The molecule has 1 fully saturated rings. The largest absolute Gasteiger partial charge is 0.368 e. The molecule has 20 heavy (non-hydrogen) atoms. The smallest absolute Gasteiger partial charge is 0.254 e. The number of nitrogens with zero attached hydrogens (tertiary/aromatic N) is 1. The average molecular weight is 271 g/mol. The summed E-state index contributed by atoms with van der Waals surface area (Å²) < 4.78 is 5.48. The van der Waals surface area contributed by atoms with Crippen LogP contribution in [0.25, 0.3) is 11.1 Å². The van der Waals surface area contributed by atoms with Gasteiger partial charge >= 0.3 is 0 Å². The molecule has 1 aromatic heterocycles. The second-order valence-corrected chi connectivity index (χ2v) is 5.07. The second kappa shape index (κ2) is 5.46. The zero-order valence-corrected chi connectivity index (χ0v) is 11.3. The molecule has 0 saturated carbocycles. The van der Waals surface area contributed by atoms with Gasteiger partial charge in [-0.3, -0.25) is 9.89 Å². The molecule has 1 aliphatic heterocycles. The number of hydrogen-bond acceptors (Lipinski definition) is 3. The van der Waals surface area contributed by atoms with Crippen LogP contribution in [0.15, 0.2) is 36.5 Å². The van der Waals surface area contributed by atoms with Gasteiger partial charge in [0.1, 0.15) is 11.9 Å². The summed E-state index contributed by atoms with van der Waals surface area (Å²) in [5.74, 6) is 0.749. The average Bonchev–Trinajstić information content (AvgIpc) is 3.08. The highest BCUT2D eigenvalue weighted by Gasteiger charge is 2.31. The lowest BCUT2D eigenvalue weighted by atomic mass is 10.0. The lowest BCUT2D eigenvalue weighted by Gasteiger charge is -2.14. The third kappa shape index (κ3) is 2.44. The van der Waals surface area contributed by atoms with E-state index in [1.165, 1.54) is 0 Å². The Kier molecular flexibility index (Phi) is 3.52. The molecule has 1 saturated heterocycles. The van der Waals surface area contributed by atoms with E-state index in [0.29, 0.717) is 12.4 Å². The zero-order chi connectivity index (χ0) is 13.9. The van der Waals surface area contributed by atoms with Crippen LogP contribution in [-0.4, -0.2) is 28.8 Å². The maximum atomic E-state index is 12.2. The second-order valence-electron chi connectivity index (χ2n) is 5.07. The number of nitrogens with one attached hydrogen (secondary N) is 2. The van der Waals surface area contributed by atoms with E-state index in [1.807, 2.05) is 37.3 Å². The van der Waals surface area contributed by atoms with E-state index in [0.717, 1.165) is 17.5 Å². The van der Waals surface area contributed by atoms with Crippen molar-refractivity contribution in [1.29, 1.82) is 0 Å². The van der Waals surface area contributed by atoms with E-state index in [-0.39, 0.29) is 17.9 Å². The topological polar surface area (TPSA) is 67.0 Å². The molecule has 0 unspecified atom stereocenters. The van der Waals surface area contributed by atoms with Crippen LogP contribution in [0.1, 0.15) is 13.3 Å². The number of ether oxygens (including phenoxy) is 1. The first-order valence-electron chi connectivity index (χ1n) is 6.77. The van der Waals surface area contributed by atoms with Crippen molar-refractivity contribution in [1.82, 2.24) is 10.2 Å². The number of rotatable bonds is 3. The van der Waals surface area contributed by atoms with Crippen molar-refractivity contribution in [3.05, 3.63) is 36.5 Å². The fraction of sp³-hybridized carbons (Fsp3) is 0.333.